The lowest BCUT2D eigenvalue weighted by atomic mass is 10.1. The zero-order valence-electron chi connectivity index (χ0n) is 11.3. The van der Waals surface area contributed by atoms with Crippen molar-refractivity contribution in [2.75, 3.05) is 20.8 Å². The molecule has 3 nitrogen and oxygen atoms in total. The highest BCUT2D eigenvalue weighted by Crippen LogP contribution is 2.16. The summed E-state index contributed by atoms with van der Waals surface area (Å²) >= 11 is 0. The van der Waals surface area contributed by atoms with Crippen LogP contribution in [0, 0.1) is 5.82 Å². The Morgan fingerprint density at radius 2 is 2.11 bits per heavy atom. The number of benzene rings is 1. The Labute approximate surface area is 108 Å². The molecule has 0 fully saturated rings. The first-order valence-corrected chi connectivity index (χ1v) is 6.26. The number of methoxy groups -OCH3 is 2. The maximum atomic E-state index is 13.7. The zero-order valence-corrected chi connectivity index (χ0v) is 11.3. The maximum absolute atomic E-state index is 13.7. The average Bonchev–Trinajstić information content (AvgIpc) is 2.37. The highest BCUT2D eigenvalue weighted by atomic mass is 19.1. The largest absolute Gasteiger partial charge is 0.497 e. The normalized spacial score (nSPS) is 12.4. The van der Waals surface area contributed by atoms with Crippen molar-refractivity contribution in [3.05, 3.63) is 29.6 Å². The van der Waals surface area contributed by atoms with E-state index < -0.39 is 0 Å². The van der Waals surface area contributed by atoms with Gasteiger partial charge < -0.3 is 14.8 Å². The van der Waals surface area contributed by atoms with Gasteiger partial charge in [0.25, 0.3) is 0 Å². The van der Waals surface area contributed by atoms with Gasteiger partial charge in [0.2, 0.25) is 0 Å². The van der Waals surface area contributed by atoms with Gasteiger partial charge in [-0.2, -0.15) is 0 Å². The molecule has 1 aromatic carbocycles. The van der Waals surface area contributed by atoms with Crippen molar-refractivity contribution in [3.63, 3.8) is 0 Å². The summed E-state index contributed by atoms with van der Waals surface area (Å²) in [5.74, 6) is 0.299. The molecule has 0 saturated heterocycles. The van der Waals surface area contributed by atoms with Gasteiger partial charge in [-0.25, -0.2) is 4.39 Å². The number of hydrogen-bond acceptors (Lipinski definition) is 3. The Balaban J connectivity index is 2.55. The van der Waals surface area contributed by atoms with Crippen molar-refractivity contribution in [2.24, 2.45) is 0 Å². The fourth-order valence-electron chi connectivity index (χ4n) is 1.85. The molecular weight excluding hydrogens is 233 g/mol. The van der Waals surface area contributed by atoms with Crippen LogP contribution in [0.15, 0.2) is 18.2 Å². The lowest BCUT2D eigenvalue weighted by molar-refractivity contribution is 0.161. The summed E-state index contributed by atoms with van der Waals surface area (Å²) in [6, 6.07) is 5.19. The minimum Gasteiger partial charge on any atom is -0.497 e. The summed E-state index contributed by atoms with van der Waals surface area (Å²) in [5.41, 5.74) is 0.646. The first-order chi connectivity index (χ1) is 8.71. The molecule has 0 aliphatic rings. The molecule has 1 N–H and O–H groups in total. The van der Waals surface area contributed by atoms with E-state index in [9.17, 15) is 4.39 Å². The summed E-state index contributed by atoms with van der Waals surface area (Å²) in [4.78, 5) is 0. The van der Waals surface area contributed by atoms with Crippen LogP contribution in [0.1, 0.15) is 25.3 Å². The minimum absolute atomic E-state index is 0.241. The van der Waals surface area contributed by atoms with E-state index in [1.165, 1.54) is 13.2 Å². The van der Waals surface area contributed by atoms with E-state index >= 15 is 0 Å². The van der Waals surface area contributed by atoms with Crippen LogP contribution < -0.4 is 10.1 Å². The Hall–Kier alpha value is -1.13. The monoisotopic (exact) mass is 255 g/mol. The highest BCUT2D eigenvalue weighted by Gasteiger charge is 2.09. The number of ether oxygens (including phenoxy) is 2. The third-order valence-electron chi connectivity index (χ3n) is 2.85. The molecule has 102 valence electrons. The fraction of sp³-hybridized carbons (Fsp3) is 0.571. The molecule has 1 atom stereocenters. The second-order valence-electron chi connectivity index (χ2n) is 4.28. The van der Waals surface area contributed by atoms with Crippen LogP contribution in [0.5, 0.6) is 5.75 Å². The van der Waals surface area contributed by atoms with E-state index in [2.05, 4.69) is 12.2 Å². The molecule has 0 spiro atoms. The van der Waals surface area contributed by atoms with Crippen LogP contribution in [0.4, 0.5) is 4.39 Å². The van der Waals surface area contributed by atoms with Crippen molar-refractivity contribution in [3.8, 4) is 5.75 Å². The van der Waals surface area contributed by atoms with Crippen LogP contribution in [0.25, 0.3) is 0 Å². The molecule has 18 heavy (non-hydrogen) atoms. The first kappa shape index (κ1) is 14.9. The topological polar surface area (TPSA) is 30.5 Å². The molecule has 0 aromatic heterocycles. The molecule has 0 bridgehead atoms. The smallest absolute Gasteiger partial charge is 0.131 e. The van der Waals surface area contributed by atoms with Gasteiger partial charge in [-0.15, -0.1) is 0 Å². The first-order valence-electron chi connectivity index (χ1n) is 6.26. The Morgan fingerprint density at radius 3 is 2.67 bits per heavy atom. The van der Waals surface area contributed by atoms with Gasteiger partial charge in [0, 0.05) is 31.3 Å². The van der Waals surface area contributed by atoms with Gasteiger partial charge in [0.1, 0.15) is 11.6 Å². The van der Waals surface area contributed by atoms with Gasteiger partial charge in [0.15, 0.2) is 0 Å². The van der Waals surface area contributed by atoms with E-state index in [4.69, 9.17) is 9.47 Å². The zero-order chi connectivity index (χ0) is 13.4. The molecule has 4 heteroatoms. The third-order valence-corrected chi connectivity index (χ3v) is 2.85. The molecule has 1 rings (SSSR count). The SMILES string of the molecule is CCCC(COC)NCc1ccc(OC)cc1F. The van der Waals surface area contributed by atoms with Crippen LogP contribution >= 0.6 is 0 Å². The summed E-state index contributed by atoms with van der Waals surface area (Å²) in [6.45, 7) is 3.27. The Kier molecular flexibility index (Phi) is 6.68. The quantitative estimate of drug-likeness (QED) is 0.774. The molecule has 0 saturated carbocycles. The van der Waals surface area contributed by atoms with Gasteiger partial charge in [-0.05, 0) is 12.5 Å². The second-order valence-corrected chi connectivity index (χ2v) is 4.28. The summed E-state index contributed by atoms with van der Waals surface area (Å²) in [6.07, 6.45) is 2.09. The van der Waals surface area contributed by atoms with Crippen molar-refractivity contribution in [1.82, 2.24) is 5.32 Å². The molecule has 1 aromatic rings. The fourth-order valence-corrected chi connectivity index (χ4v) is 1.85. The Morgan fingerprint density at radius 1 is 1.33 bits per heavy atom. The number of hydrogen-bond donors (Lipinski definition) is 1. The standard InChI is InChI=1S/C14H22FNO2/c1-4-5-12(10-17-2)16-9-11-6-7-13(18-3)8-14(11)15/h6-8,12,16H,4-5,9-10H2,1-3H3. The maximum Gasteiger partial charge on any atom is 0.131 e. The second kappa shape index (κ2) is 8.06. The van der Waals surface area contributed by atoms with E-state index in [1.54, 1.807) is 19.2 Å². The van der Waals surface area contributed by atoms with Crippen LogP contribution in [-0.4, -0.2) is 26.9 Å². The molecule has 1 unspecified atom stereocenters. The minimum atomic E-state index is -0.241. The summed E-state index contributed by atoms with van der Waals surface area (Å²) < 4.78 is 23.8. The van der Waals surface area contributed by atoms with E-state index in [0.29, 0.717) is 24.5 Å². The number of nitrogens with one attached hydrogen (secondary N) is 1. The molecule has 0 heterocycles. The summed E-state index contributed by atoms with van der Waals surface area (Å²) in [7, 11) is 3.21. The van der Waals surface area contributed by atoms with Gasteiger partial charge in [0.05, 0.1) is 13.7 Å². The van der Waals surface area contributed by atoms with Crippen LogP contribution in [-0.2, 0) is 11.3 Å². The van der Waals surface area contributed by atoms with Gasteiger partial charge >= 0.3 is 0 Å². The number of halogens is 1. The van der Waals surface area contributed by atoms with Crippen molar-refractivity contribution in [1.29, 1.82) is 0 Å². The lowest BCUT2D eigenvalue weighted by Crippen LogP contribution is -2.32. The average molecular weight is 255 g/mol. The van der Waals surface area contributed by atoms with Crippen molar-refractivity contribution in [2.45, 2.75) is 32.4 Å². The van der Waals surface area contributed by atoms with Gasteiger partial charge in [-0.3, -0.25) is 0 Å². The molecule has 0 radical (unpaired) electrons. The van der Waals surface area contributed by atoms with Crippen molar-refractivity contribution >= 4 is 0 Å². The van der Waals surface area contributed by atoms with Gasteiger partial charge in [-0.1, -0.05) is 19.4 Å². The van der Waals surface area contributed by atoms with E-state index in [1.807, 2.05) is 0 Å². The molecule has 0 aliphatic carbocycles. The highest BCUT2D eigenvalue weighted by molar-refractivity contribution is 5.28. The lowest BCUT2D eigenvalue weighted by Gasteiger charge is -2.17. The van der Waals surface area contributed by atoms with Crippen LogP contribution in [0.2, 0.25) is 0 Å². The number of rotatable bonds is 8. The Bertz CT molecular complexity index is 352. The molecule has 0 aliphatic heterocycles. The predicted molar refractivity (Wildman–Crippen MR) is 70.4 cm³/mol. The van der Waals surface area contributed by atoms with Crippen LogP contribution in [0.3, 0.4) is 0 Å². The molecule has 0 amide bonds. The van der Waals surface area contributed by atoms with Crippen molar-refractivity contribution < 1.29 is 13.9 Å². The predicted octanol–water partition coefficient (Wildman–Crippen LogP) is 2.74. The van der Waals surface area contributed by atoms with E-state index in [-0.39, 0.29) is 11.9 Å². The molecular formula is C14H22FNO2. The third kappa shape index (κ3) is 4.63. The summed E-state index contributed by atoms with van der Waals surface area (Å²) in [5, 5.41) is 3.31. The van der Waals surface area contributed by atoms with E-state index in [0.717, 1.165) is 12.8 Å².